The predicted molar refractivity (Wildman–Crippen MR) is 54.9 cm³/mol. The molecule has 0 saturated carbocycles. The summed E-state index contributed by atoms with van der Waals surface area (Å²) in [5.74, 6) is 0.732. The normalized spacial score (nSPS) is 21.1. The van der Waals surface area contributed by atoms with E-state index in [9.17, 15) is 0 Å². The Morgan fingerprint density at radius 3 is 3.27 bits per heavy atom. The topological polar surface area (TPSA) is 66.5 Å². The fourth-order valence-corrected chi connectivity index (χ4v) is 1.92. The van der Waals surface area contributed by atoms with Crippen LogP contribution in [0, 0.1) is 17.2 Å². The fourth-order valence-electron chi connectivity index (χ4n) is 1.92. The van der Waals surface area contributed by atoms with Crippen molar-refractivity contribution in [2.24, 2.45) is 5.92 Å². The summed E-state index contributed by atoms with van der Waals surface area (Å²) in [4.78, 5) is 1.62. The van der Waals surface area contributed by atoms with Crippen LogP contribution in [0.4, 0.5) is 0 Å². The summed E-state index contributed by atoms with van der Waals surface area (Å²) in [5.41, 5.74) is 0.400. The molecule has 5 heteroatoms. The van der Waals surface area contributed by atoms with Crippen molar-refractivity contribution in [3.63, 3.8) is 0 Å². The smallest absolute Gasteiger partial charge is 0.182 e. The van der Waals surface area contributed by atoms with Gasteiger partial charge in [-0.2, -0.15) is 15.2 Å². The van der Waals surface area contributed by atoms with E-state index in [-0.39, 0.29) is 0 Å². The summed E-state index contributed by atoms with van der Waals surface area (Å²) in [6.07, 6.45) is 5.16. The van der Waals surface area contributed by atoms with Crippen LogP contribution >= 0.6 is 0 Å². The minimum atomic E-state index is 0.400. The average Bonchev–Trinajstić information content (AvgIpc) is 2.76. The lowest BCUT2D eigenvalue weighted by atomic mass is 9.96. The van der Waals surface area contributed by atoms with Gasteiger partial charge in [-0.25, -0.2) is 0 Å². The van der Waals surface area contributed by atoms with Crippen LogP contribution in [0.3, 0.4) is 0 Å². The van der Waals surface area contributed by atoms with Gasteiger partial charge < -0.3 is 5.32 Å². The monoisotopic (exact) mass is 205 g/mol. The lowest BCUT2D eigenvalue weighted by Gasteiger charge is -2.22. The number of aromatic nitrogens is 3. The zero-order valence-electron chi connectivity index (χ0n) is 8.69. The number of hydrogen-bond acceptors (Lipinski definition) is 4. The van der Waals surface area contributed by atoms with Crippen LogP contribution in [0.5, 0.6) is 0 Å². The van der Waals surface area contributed by atoms with Gasteiger partial charge in [0.1, 0.15) is 6.07 Å². The van der Waals surface area contributed by atoms with Gasteiger partial charge in [-0.15, -0.1) is 5.10 Å². The quantitative estimate of drug-likeness (QED) is 0.782. The second-order valence-corrected chi connectivity index (χ2v) is 3.94. The summed E-state index contributed by atoms with van der Waals surface area (Å²) >= 11 is 0. The number of nitriles is 1. The zero-order valence-corrected chi connectivity index (χ0v) is 8.69. The van der Waals surface area contributed by atoms with E-state index >= 15 is 0 Å². The summed E-state index contributed by atoms with van der Waals surface area (Å²) in [6, 6.07) is 1.98. The van der Waals surface area contributed by atoms with Crippen LogP contribution in [0.1, 0.15) is 25.0 Å². The summed E-state index contributed by atoms with van der Waals surface area (Å²) in [6.45, 7) is 3.06. The summed E-state index contributed by atoms with van der Waals surface area (Å²) in [7, 11) is 0. The zero-order chi connectivity index (χ0) is 10.5. The first-order chi connectivity index (χ1) is 7.38. The van der Waals surface area contributed by atoms with Gasteiger partial charge in [0.05, 0.1) is 12.7 Å². The fraction of sp³-hybridized carbons (Fsp3) is 0.700. The molecule has 1 aliphatic heterocycles. The molecule has 0 bridgehead atoms. The average molecular weight is 205 g/mol. The molecule has 5 nitrogen and oxygen atoms in total. The number of aryl methyl sites for hydroxylation is 1. The number of hydrogen-bond donors (Lipinski definition) is 1. The van der Waals surface area contributed by atoms with Gasteiger partial charge in [0.25, 0.3) is 0 Å². The molecule has 1 fully saturated rings. The molecule has 15 heavy (non-hydrogen) atoms. The van der Waals surface area contributed by atoms with Gasteiger partial charge >= 0.3 is 0 Å². The van der Waals surface area contributed by atoms with Crippen LogP contribution in [0.15, 0.2) is 6.20 Å². The van der Waals surface area contributed by atoms with Gasteiger partial charge in [-0.05, 0) is 38.3 Å². The molecule has 1 aromatic rings. The second-order valence-electron chi connectivity index (χ2n) is 3.94. The molecule has 80 valence electrons. The van der Waals surface area contributed by atoms with Gasteiger partial charge in [-0.1, -0.05) is 0 Å². The van der Waals surface area contributed by atoms with Crippen molar-refractivity contribution in [1.82, 2.24) is 20.3 Å². The molecule has 1 aliphatic rings. The minimum absolute atomic E-state index is 0.400. The van der Waals surface area contributed by atoms with E-state index in [2.05, 4.69) is 15.5 Å². The molecule has 0 spiro atoms. The molecule has 0 aromatic carbocycles. The van der Waals surface area contributed by atoms with Crippen molar-refractivity contribution in [3.05, 3.63) is 11.9 Å². The standard InChI is InChI=1S/C10H15N5/c11-6-10-8-13-15(14-10)5-3-9-2-1-4-12-7-9/h8-9,12H,1-5,7H2. The second kappa shape index (κ2) is 4.89. The maximum Gasteiger partial charge on any atom is 0.182 e. The van der Waals surface area contributed by atoms with E-state index in [1.54, 1.807) is 4.80 Å². The van der Waals surface area contributed by atoms with Crippen molar-refractivity contribution < 1.29 is 0 Å². The van der Waals surface area contributed by atoms with Crippen LogP contribution in [-0.2, 0) is 6.54 Å². The molecule has 1 atom stereocenters. The third kappa shape index (κ3) is 2.77. The maximum atomic E-state index is 8.59. The highest BCUT2D eigenvalue weighted by Gasteiger charge is 2.13. The maximum absolute atomic E-state index is 8.59. The summed E-state index contributed by atoms with van der Waals surface area (Å²) < 4.78 is 0. The Balaban J connectivity index is 1.79. The molecule has 1 saturated heterocycles. The first kappa shape index (κ1) is 10.1. The lowest BCUT2D eigenvalue weighted by Crippen LogP contribution is -2.30. The third-order valence-corrected chi connectivity index (χ3v) is 2.79. The molecule has 2 rings (SSSR count). The molecule has 0 amide bonds. The predicted octanol–water partition coefficient (Wildman–Crippen LogP) is 0.539. The van der Waals surface area contributed by atoms with Crippen LogP contribution < -0.4 is 5.32 Å². The Morgan fingerprint density at radius 2 is 2.60 bits per heavy atom. The third-order valence-electron chi connectivity index (χ3n) is 2.79. The van der Waals surface area contributed by atoms with Gasteiger partial charge in [-0.3, -0.25) is 0 Å². The highest BCUT2D eigenvalue weighted by atomic mass is 15.5. The van der Waals surface area contributed by atoms with E-state index in [1.807, 2.05) is 6.07 Å². The number of piperidine rings is 1. The Kier molecular flexibility index (Phi) is 3.30. The molecular weight excluding hydrogens is 190 g/mol. The van der Waals surface area contributed by atoms with E-state index in [0.29, 0.717) is 5.69 Å². The largest absolute Gasteiger partial charge is 0.316 e. The van der Waals surface area contributed by atoms with E-state index in [1.165, 1.54) is 19.0 Å². The molecule has 0 aliphatic carbocycles. The van der Waals surface area contributed by atoms with Gasteiger partial charge in [0, 0.05) is 0 Å². The van der Waals surface area contributed by atoms with Crippen LogP contribution in [0.25, 0.3) is 0 Å². The van der Waals surface area contributed by atoms with Crippen LogP contribution in [0.2, 0.25) is 0 Å². The van der Waals surface area contributed by atoms with Gasteiger partial charge in [0.15, 0.2) is 5.69 Å². The SMILES string of the molecule is N#Cc1cnn(CCC2CCCNC2)n1. The molecule has 1 unspecified atom stereocenters. The van der Waals surface area contributed by atoms with Crippen molar-refractivity contribution >= 4 is 0 Å². The number of nitrogens with zero attached hydrogens (tertiary/aromatic N) is 4. The Morgan fingerprint density at radius 1 is 1.67 bits per heavy atom. The Labute approximate surface area is 89.1 Å². The molecule has 2 heterocycles. The molecule has 0 radical (unpaired) electrons. The molecular formula is C10H15N5. The van der Waals surface area contributed by atoms with E-state index in [0.717, 1.165) is 32.0 Å². The highest BCUT2D eigenvalue weighted by molar-refractivity contribution is 5.12. The van der Waals surface area contributed by atoms with E-state index in [4.69, 9.17) is 5.26 Å². The lowest BCUT2D eigenvalue weighted by molar-refractivity contribution is 0.327. The number of nitrogens with one attached hydrogen (secondary N) is 1. The van der Waals surface area contributed by atoms with Crippen LogP contribution in [-0.4, -0.2) is 28.1 Å². The van der Waals surface area contributed by atoms with Crippen molar-refractivity contribution in [2.45, 2.75) is 25.8 Å². The van der Waals surface area contributed by atoms with Gasteiger partial charge in [0.2, 0.25) is 0 Å². The van der Waals surface area contributed by atoms with Crippen molar-refractivity contribution in [1.29, 1.82) is 5.26 Å². The first-order valence-electron chi connectivity index (χ1n) is 5.39. The summed E-state index contributed by atoms with van der Waals surface area (Å²) in [5, 5.41) is 20.0. The van der Waals surface area contributed by atoms with Crippen molar-refractivity contribution in [3.8, 4) is 6.07 Å². The first-order valence-corrected chi connectivity index (χ1v) is 5.39. The Bertz CT molecular complexity index is 345. The Hall–Kier alpha value is -1.41. The molecule has 1 N–H and O–H groups in total. The minimum Gasteiger partial charge on any atom is -0.316 e. The highest BCUT2D eigenvalue weighted by Crippen LogP contribution is 2.14. The molecule has 1 aromatic heterocycles. The number of rotatable bonds is 3. The van der Waals surface area contributed by atoms with Crippen molar-refractivity contribution in [2.75, 3.05) is 13.1 Å². The van der Waals surface area contributed by atoms with E-state index < -0.39 is 0 Å².